The van der Waals surface area contributed by atoms with Gasteiger partial charge in [-0.1, -0.05) is 0 Å². The number of alkyl halides is 6. The molecule has 5 nitrogen and oxygen atoms in total. The summed E-state index contributed by atoms with van der Waals surface area (Å²) in [6, 6.07) is -0.211. The first-order valence-corrected chi connectivity index (χ1v) is 7.46. The number of aliphatic carboxylic acids is 1. The van der Waals surface area contributed by atoms with Gasteiger partial charge in [-0.05, 0) is 31.0 Å². The molecule has 1 aromatic carbocycles. The maximum Gasteiger partial charge on any atom is 0.416 e. The van der Waals surface area contributed by atoms with Crippen LogP contribution in [0.3, 0.4) is 0 Å². The van der Waals surface area contributed by atoms with Crippen molar-refractivity contribution in [2.45, 2.75) is 25.2 Å². The topological polar surface area (TPSA) is 69.6 Å². The van der Waals surface area contributed by atoms with Gasteiger partial charge < -0.3 is 15.3 Å². The molecule has 1 unspecified atom stereocenters. The average Bonchev–Trinajstić information content (AvgIpc) is 2.53. The van der Waals surface area contributed by atoms with E-state index in [-0.39, 0.29) is 19.2 Å². The third kappa shape index (κ3) is 4.79. The molecule has 26 heavy (non-hydrogen) atoms. The Labute approximate surface area is 143 Å². The molecule has 0 spiro atoms. The summed E-state index contributed by atoms with van der Waals surface area (Å²) in [5.41, 5.74) is -3.77. The molecule has 1 aliphatic rings. The van der Waals surface area contributed by atoms with E-state index < -0.39 is 47.1 Å². The van der Waals surface area contributed by atoms with E-state index in [0.29, 0.717) is 25.0 Å². The number of carbonyl (C=O) groups is 2. The van der Waals surface area contributed by atoms with E-state index in [1.165, 1.54) is 0 Å². The van der Waals surface area contributed by atoms with Crippen molar-refractivity contribution in [3.8, 4) is 0 Å². The molecule has 0 aromatic heterocycles. The van der Waals surface area contributed by atoms with Crippen LogP contribution in [0.25, 0.3) is 0 Å². The molecule has 1 aliphatic heterocycles. The quantitative estimate of drug-likeness (QED) is 0.756. The zero-order chi connectivity index (χ0) is 19.7. The molecule has 1 aromatic rings. The van der Waals surface area contributed by atoms with Gasteiger partial charge in [0.05, 0.1) is 17.0 Å². The van der Waals surface area contributed by atoms with Crippen molar-refractivity contribution in [1.82, 2.24) is 4.90 Å². The highest BCUT2D eigenvalue weighted by Gasteiger charge is 2.37. The van der Waals surface area contributed by atoms with Crippen molar-refractivity contribution >= 4 is 17.7 Å². The van der Waals surface area contributed by atoms with Crippen LogP contribution in [0.15, 0.2) is 18.2 Å². The predicted molar refractivity (Wildman–Crippen MR) is 77.4 cm³/mol. The molecular weight excluding hydrogens is 370 g/mol. The van der Waals surface area contributed by atoms with Gasteiger partial charge in [0.2, 0.25) is 0 Å². The fourth-order valence-corrected chi connectivity index (χ4v) is 2.59. The smallest absolute Gasteiger partial charge is 0.416 e. The number of amides is 2. The Morgan fingerprint density at radius 1 is 1.04 bits per heavy atom. The number of carboxylic acid groups (broad SMARTS) is 1. The number of rotatable bonds is 2. The third-order valence-corrected chi connectivity index (χ3v) is 3.90. The molecule has 0 bridgehead atoms. The number of nitrogens with one attached hydrogen (secondary N) is 1. The molecule has 0 radical (unpaired) electrons. The first-order valence-electron chi connectivity index (χ1n) is 7.46. The van der Waals surface area contributed by atoms with Crippen molar-refractivity contribution in [1.29, 1.82) is 0 Å². The molecule has 144 valence electrons. The minimum absolute atomic E-state index is 0.0446. The Morgan fingerprint density at radius 2 is 1.58 bits per heavy atom. The molecule has 1 saturated heterocycles. The number of hydrogen-bond donors (Lipinski definition) is 2. The highest BCUT2D eigenvalue weighted by molar-refractivity contribution is 5.90. The fourth-order valence-electron chi connectivity index (χ4n) is 2.59. The third-order valence-electron chi connectivity index (χ3n) is 3.90. The second-order valence-electron chi connectivity index (χ2n) is 5.85. The second-order valence-corrected chi connectivity index (χ2v) is 5.85. The van der Waals surface area contributed by atoms with Crippen LogP contribution in [0.2, 0.25) is 0 Å². The van der Waals surface area contributed by atoms with Gasteiger partial charge in [0.1, 0.15) is 0 Å². The lowest BCUT2D eigenvalue weighted by Crippen LogP contribution is -2.44. The number of likely N-dealkylation sites (tertiary alicyclic amines) is 1. The van der Waals surface area contributed by atoms with Gasteiger partial charge in [0.15, 0.2) is 0 Å². The molecule has 1 atom stereocenters. The van der Waals surface area contributed by atoms with E-state index in [4.69, 9.17) is 5.11 Å². The molecule has 2 amide bonds. The minimum Gasteiger partial charge on any atom is -0.481 e. The molecule has 2 rings (SSSR count). The number of nitrogens with zero attached hydrogens (tertiary/aromatic N) is 1. The zero-order valence-corrected chi connectivity index (χ0v) is 13.1. The van der Waals surface area contributed by atoms with Crippen molar-refractivity contribution < 1.29 is 41.0 Å². The van der Waals surface area contributed by atoms with Crippen LogP contribution in [0.1, 0.15) is 24.0 Å². The Hall–Kier alpha value is -2.46. The lowest BCUT2D eigenvalue weighted by molar-refractivity contribution is -0.144. The number of halogens is 6. The second kappa shape index (κ2) is 7.04. The number of anilines is 1. The number of benzene rings is 1. The molecule has 0 saturated carbocycles. The minimum atomic E-state index is -5.03. The van der Waals surface area contributed by atoms with Gasteiger partial charge in [-0.3, -0.25) is 4.79 Å². The lowest BCUT2D eigenvalue weighted by atomic mass is 9.99. The van der Waals surface area contributed by atoms with Crippen molar-refractivity contribution in [3.63, 3.8) is 0 Å². The maximum absolute atomic E-state index is 12.8. The summed E-state index contributed by atoms with van der Waals surface area (Å²) in [6.45, 7) is -0.0209. The van der Waals surface area contributed by atoms with E-state index >= 15 is 0 Å². The summed E-state index contributed by atoms with van der Waals surface area (Å²) >= 11 is 0. The van der Waals surface area contributed by atoms with Crippen LogP contribution in [-0.4, -0.2) is 35.1 Å². The van der Waals surface area contributed by atoms with Gasteiger partial charge in [-0.25, -0.2) is 4.79 Å². The average molecular weight is 384 g/mol. The normalized spacial score (nSPS) is 18.5. The summed E-state index contributed by atoms with van der Waals surface area (Å²) in [5, 5.41) is 11.0. The van der Waals surface area contributed by atoms with Crippen LogP contribution in [-0.2, 0) is 17.1 Å². The van der Waals surface area contributed by atoms with Crippen LogP contribution in [0.4, 0.5) is 36.8 Å². The van der Waals surface area contributed by atoms with E-state index in [1.54, 1.807) is 0 Å². The van der Waals surface area contributed by atoms with Crippen molar-refractivity contribution in [2.75, 3.05) is 18.4 Å². The zero-order valence-electron chi connectivity index (χ0n) is 13.1. The molecule has 0 aliphatic carbocycles. The van der Waals surface area contributed by atoms with E-state index in [9.17, 15) is 35.9 Å². The van der Waals surface area contributed by atoms with Crippen molar-refractivity contribution in [2.24, 2.45) is 5.92 Å². The van der Waals surface area contributed by atoms with E-state index in [2.05, 4.69) is 0 Å². The first kappa shape index (κ1) is 19.9. The summed E-state index contributed by atoms with van der Waals surface area (Å²) in [6.07, 6.45) is -9.36. The molecular formula is C15H14F6N2O3. The number of carbonyl (C=O) groups excluding carboxylic acids is 1. The Balaban J connectivity index is 2.25. The largest absolute Gasteiger partial charge is 0.481 e. The van der Waals surface area contributed by atoms with Gasteiger partial charge in [-0.2, -0.15) is 26.3 Å². The number of piperidine rings is 1. The summed E-state index contributed by atoms with van der Waals surface area (Å²) in [7, 11) is 0. The molecule has 2 N–H and O–H groups in total. The molecule has 1 fully saturated rings. The van der Waals surface area contributed by atoms with Crippen LogP contribution in [0.5, 0.6) is 0 Å². The van der Waals surface area contributed by atoms with Gasteiger partial charge in [-0.15, -0.1) is 0 Å². The highest BCUT2D eigenvalue weighted by Crippen LogP contribution is 2.37. The van der Waals surface area contributed by atoms with Crippen molar-refractivity contribution in [3.05, 3.63) is 29.3 Å². The summed E-state index contributed by atoms with van der Waals surface area (Å²) < 4.78 is 76.9. The monoisotopic (exact) mass is 384 g/mol. The molecule has 11 heteroatoms. The number of hydrogen-bond acceptors (Lipinski definition) is 2. The maximum atomic E-state index is 12.8. The first-order chi connectivity index (χ1) is 11.9. The van der Waals surface area contributed by atoms with Gasteiger partial charge >= 0.3 is 24.4 Å². The SMILES string of the molecule is O=C(O)C1CCCN(C(=O)Nc2cc(C(F)(F)F)cc(C(F)(F)F)c2)C1. The number of urea groups is 1. The van der Waals surface area contributed by atoms with E-state index in [1.807, 2.05) is 5.32 Å². The standard InChI is InChI=1S/C15H14F6N2O3/c16-14(17,18)9-4-10(15(19,20)21)6-11(5-9)22-13(26)23-3-1-2-8(7-23)12(24)25/h4-6,8H,1-3,7H2,(H,22,26)(H,24,25). The van der Waals surface area contributed by atoms with Crippen LogP contribution in [0, 0.1) is 5.92 Å². The Morgan fingerprint density at radius 3 is 2.04 bits per heavy atom. The number of carboxylic acids is 1. The van der Waals surface area contributed by atoms with Crippen LogP contribution < -0.4 is 5.32 Å². The Bertz CT molecular complexity index is 669. The van der Waals surface area contributed by atoms with E-state index in [0.717, 1.165) is 4.90 Å². The Kier molecular flexibility index (Phi) is 5.38. The van der Waals surface area contributed by atoms with Gasteiger partial charge in [0.25, 0.3) is 0 Å². The lowest BCUT2D eigenvalue weighted by Gasteiger charge is -2.30. The highest BCUT2D eigenvalue weighted by atomic mass is 19.4. The van der Waals surface area contributed by atoms with Crippen LogP contribution >= 0.6 is 0 Å². The molecule has 1 heterocycles. The summed E-state index contributed by atoms with van der Waals surface area (Å²) in [4.78, 5) is 24.2. The fraction of sp³-hybridized carbons (Fsp3) is 0.467. The predicted octanol–water partition coefficient (Wildman–Crippen LogP) is 4.05. The van der Waals surface area contributed by atoms with Gasteiger partial charge in [0, 0.05) is 18.8 Å². The summed E-state index contributed by atoms with van der Waals surface area (Å²) in [5.74, 6) is -1.96.